The first-order valence-electron chi connectivity index (χ1n) is 12.0. The van der Waals surface area contributed by atoms with E-state index in [4.69, 9.17) is 4.98 Å². The predicted molar refractivity (Wildman–Crippen MR) is 131 cm³/mol. The van der Waals surface area contributed by atoms with Crippen LogP contribution in [0.3, 0.4) is 0 Å². The van der Waals surface area contributed by atoms with Gasteiger partial charge in [-0.2, -0.15) is 0 Å². The van der Waals surface area contributed by atoms with Gasteiger partial charge in [0, 0.05) is 17.5 Å². The summed E-state index contributed by atoms with van der Waals surface area (Å²) >= 11 is 0. The van der Waals surface area contributed by atoms with Gasteiger partial charge in [0.1, 0.15) is 5.82 Å². The van der Waals surface area contributed by atoms with E-state index in [1.54, 1.807) is 0 Å². The first-order chi connectivity index (χ1) is 15.7. The van der Waals surface area contributed by atoms with Gasteiger partial charge in [-0.25, -0.2) is 9.37 Å². The van der Waals surface area contributed by atoms with Gasteiger partial charge in [-0.05, 0) is 86.4 Å². The Morgan fingerprint density at radius 1 is 1.18 bits per heavy atom. The van der Waals surface area contributed by atoms with E-state index >= 15 is 0 Å². The van der Waals surface area contributed by atoms with E-state index in [-0.39, 0.29) is 11.2 Å². The molecule has 3 unspecified atom stereocenters. The molecule has 1 aliphatic heterocycles. The molecule has 0 spiro atoms. The van der Waals surface area contributed by atoms with Crippen molar-refractivity contribution in [3.8, 4) is 11.3 Å². The minimum atomic E-state index is -0.843. The number of halogens is 1. The number of aliphatic hydroxyl groups is 1. The van der Waals surface area contributed by atoms with Gasteiger partial charge >= 0.3 is 0 Å². The highest BCUT2D eigenvalue weighted by Crippen LogP contribution is 2.54. The zero-order valence-electron chi connectivity index (χ0n) is 20.0. The third-order valence-electron chi connectivity index (χ3n) is 8.04. The summed E-state index contributed by atoms with van der Waals surface area (Å²) < 4.78 is 15.7. The first kappa shape index (κ1) is 22.1. The summed E-state index contributed by atoms with van der Waals surface area (Å²) in [6.07, 6.45) is 7.77. The van der Waals surface area contributed by atoms with Crippen molar-refractivity contribution < 1.29 is 9.50 Å². The maximum atomic E-state index is 13.4. The van der Waals surface area contributed by atoms with Crippen molar-refractivity contribution >= 4 is 6.08 Å². The Hall–Kier alpha value is -2.72. The third kappa shape index (κ3) is 3.85. The fourth-order valence-electron chi connectivity index (χ4n) is 6.07. The molecule has 2 aromatic carbocycles. The number of nitrogens with zero attached hydrogens (tertiary/aromatic N) is 2. The molecular weight excluding hydrogens is 411 g/mol. The Bertz CT molecular complexity index is 1200. The molecule has 4 heteroatoms. The number of imidazole rings is 1. The second-order valence-electron chi connectivity index (χ2n) is 10.7. The summed E-state index contributed by atoms with van der Waals surface area (Å²) in [5, 5.41) is 10.5. The molecule has 0 amide bonds. The number of aromatic nitrogens is 2. The number of benzene rings is 2. The van der Waals surface area contributed by atoms with Crippen LogP contribution in [0, 0.1) is 17.2 Å². The van der Waals surface area contributed by atoms with Gasteiger partial charge in [0.2, 0.25) is 0 Å². The molecule has 3 atom stereocenters. The number of hydrogen-bond donors (Lipinski definition) is 1. The summed E-state index contributed by atoms with van der Waals surface area (Å²) in [7, 11) is 0. The quantitative estimate of drug-likeness (QED) is 0.474. The van der Waals surface area contributed by atoms with Crippen LogP contribution in [0.15, 0.2) is 60.4 Å². The van der Waals surface area contributed by atoms with Crippen LogP contribution in [0.1, 0.15) is 69.7 Å². The standard InChI is InChI=1S/C29H33FN2O/c1-19(21-7-5-8-22(15-21)28(2,3)33)25-10-6-9-23-16-26-27(20-11-13-24(30)14-12-20)31-18-32(26)17-29(23,25)4/h5,7-8,11-16,18-19,25,33H,6,9-10,17H2,1-4H3. The highest BCUT2D eigenvalue weighted by Gasteiger charge is 2.45. The molecule has 3 nitrogen and oxygen atoms in total. The van der Waals surface area contributed by atoms with Crippen molar-refractivity contribution in [2.45, 2.75) is 65.0 Å². The van der Waals surface area contributed by atoms with Crippen LogP contribution in [0.2, 0.25) is 0 Å². The minimum absolute atomic E-state index is 0.0518. The molecule has 1 N–H and O–H groups in total. The Labute approximate surface area is 196 Å². The number of fused-ring (bicyclic) bond motifs is 2. The van der Waals surface area contributed by atoms with Crippen LogP contribution in [-0.4, -0.2) is 14.7 Å². The van der Waals surface area contributed by atoms with Crippen molar-refractivity contribution in [3.05, 3.63) is 83.1 Å². The van der Waals surface area contributed by atoms with Crippen molar-refractivity contribution in [1.82, 2.24) is 9.55 Å². The Balaban J connectivity index is 1.50. The van der Waals surface area contributed by atoms with Crippen molar-refractivity contribution in [2.24, 2.45) is 11.3 Å². The Kier molecular flexibility index (Phi) is 5.32. The molecule has 2 aliphatic rings. The van der Waals surface area contributed by atoms with E-state index in [2.05, 4.69) is 42.7 Å². The molecule has 0 bridgehead atoms. The summed E-state index contributed by atoms with van der Waals surface area (Å²) in [6, 6.07) is 15.1. The first-order valence-corrected chi connectivity index (χ1v) is 12.0. The molecule has 1 aromatic heterocycles. The molecule has 3 aromatic rings. The van der Waals surface area contributed by atoms with Crippen LogP contribution in [0.4, 0.5) is 4.39 Å². The fraction of sp³-hybridized carbons (Fsp3) is 0.414. The van der Waals surface area contributed by atoms with Crippen molar-refractivity contribution in [2.75, 3.05) is 0 Å². The third-order valence-corrected chi connectivity index (χ3v) is 8.04. The molecule has 1 saturated carbocycles. The van der Waals surface area contributed by atoms with Crippen molar-refractivity contribution in [1.29, 1.82) is 0 Å². The van der Waals surface area contributed by atoms with Crippen LogP contribution in [0.25, 0.3) is 17.3 Å². The van der Waals surface area contributed by atoms with E-state index in [1.165, 1.54) is 36.1 Å². The monoisotopic (exact) mass is 444 g/mol. The molecule has 0 radical (unpaired) electrons. The Morgan fingerprint density at radius 2 is 1.94 bits per heavy atom. The number of hydrogen-bond acceptors (Lipinski definition) is 2. The van der Waals surface area contributed by atoms with Crippen LogP contribution in [-0.2, 0) is 12.1 Å². The second-order valence-corrected chi connectivity index (χ2v) is 10.7. The van der Waals surface area contributed by atoms with Crippen LogP contribution >= 0.6 is 0 Å². The molecular formula is C29H33FN2O. The van der Waals surface area contributed by atoms with Gasteiger partial charge in [0.25, 0.3) is 0 Å². The zero-order chi connectivity index (χ0) is 23.4. The van der Waals surface area contributed by atoms with Gasteiger partial charge in [0.05, 0.1) is 23.3 Å². The summed E-state index contributed by atoms with van der Waals surface area (Å²) in [6.45, 7) is 9.36. The average Bonchev–Trinajstić information content (AvgIpc) is 3.18. The summed E-state index contributed by atoms with van der Waals surface area (Å²) in [5.74, 6) is 0.650. The van der Waals surface area contributed by atoms with Gasteiger partial charge in [-0.1, -0.05) is 43.7 Å². The predicted octanol–water partition coefficient (Wildman–Crippen LogP) is 6.92. The lowest BCUT2D eigenvalue weighted by molar-refractivity contribution is 0.0783. The molecule has 33 heavy (non-hydrogen) atoms. The van der Waals surface area contributed by atoms with E-state index in [9.17, 15) is 9.50 Å². The Morgan fingerprint density at radius 3 is 2.67 bits per heavy atom. The minimum Gasteiger partial charge on any atom is -0.386 e. The molecule has 1 fully saturated rings. The zero-order valence-corrected chi connectivity index (χ0v) is 20.0. The van der Waals surface area contributed by atoms with E-state index in [0.29, 0.717) is 11.8 Å². The number of rotatable bonds is 4. The lowest BCUT2D eigenvalue weighted by Gasteiger charge is -2.49. The summed E-state index contributed by atoms with van der Waals surface area (Å²) in [5.41, 5.74) is 5.98. The van der Waals surface area contributed by atoms with Gasteiger partial charge in [-0.3, -0.25) is 0 Å². The van der Waals surface area contributed by atoms with Gasteiger partial charge in [-0.15, -0.1) is 0 Å². The highest BCUT2D eigenvalue weighted by atomic mass is 19.1. The van der Waals surface area contributed by atoms with E-state index in [0.717, 1.165) is 35.5 Å². The fourth-order valence-corrected chi connectivity index (χ4v) is 6.07. The maximum Gasteiger partial charge on any atom is 0.123 e. The average molecular weight is 445 g/mol. The molecule has 2 heterocycles. The van der Waals surface area contributed by atoms with E-state index < -0.39 is 5.60 Å². The molecule has 5 rings (SSSR count). The SMILES string of the molecule is CC(c1cccc(C(C)(C)O)c1)C1CCCC2=Cc3c(-c4ccc(F)cc4)ncn3CC21C. The van der Waals surface area contributed by atoms with E-state index in [1.807, 2.05) is 38.4 Å². The van der Waals surface area contributed by atoms with Gasteiger partial charge < -0.3 is 9.67 Å². The lowest BCUT2D eigenvalue weighted by Crippen LogP contribution is -2.41. The normalized spacial score (nSPS) is 23.5. The maximum absolute atomic E-state index is 13.4. The molecule has 172 valence electrons. The molecule has 0 saturated heterocycles. The van der Waals surface area contributed by atoms with Crippen molar-refractivity contribution in [3.63, 3.8) is 0 Å². The lowest BCUT2D eigenvalue weighted by atomic mass is 9.58. The van der Waals surface area contributed by atoms with Crippen LogP contribution in [0.5, 0.6) is 0 Å². The largest absolute Gasteiger partial charge is 0.386 e. The second kappa shape index (κ2) is 7.95. The highest BCUT2D eigenvalue weighted by molar-refractivity contribution is 5.72. The van der Waals surface area contributed by atoms with Crippen LogP contribution < -0.4 is 0 Å². The number of allylic oxidation sites excluding steroid dienone is 1. The van der Waals surface area contributed by atoms with Gasteiger partial charge in [0.15, 0.2) is 0 Å². The summed E-state index contributed by atoms with van der Waals surface area (Å²) in [4.78, 5) is 4.72. The molecule has 1 aliphatic carbocycles. The topological polar surface area (TPSA) is 38.1 Å². The smallest absolute Gasteiger partial charge is 0.123 e.